The van der Waals surface area contributed by atoms with Crippen LogP contribution in [0.2, 0.25) is 5.02 Å². The molecule has 0 atom stereocenters. The van der Waals surface area contributed by atoms with Gasteiger partial charge < -0.3 is 15.4 Å². The molecule has 39 heavy (non-hydrogen) atoms. The lowest BCUT2D eigenvalue weighted by Gasteiger charge is -2.12. The molecular formula is C26H21ClF3N5O4. The number of ether oxygens (including phenoxy) is 1. The van der Waals surface area contributed by atoms with Gasteiger partial charge in [0, 0.05) is 29.7 Å². The lowest BCUT2D eigenvalue weighted by atomic mass is 10.2. The molecule has 13 heteroatoms. The number of amides is 4. The van der Waals surface area contributed by atoms with E-state index in [9.17, 15) is 27.6 Å². The highest BCUT2D eigenvalue weighted by molar-refractivity contribution is 6.31. The van der Waals surface area contributed by atoms with Crippen molar-refractivity contribution in [3.05, 3.63) is 101 Å². The second-order valence-corrected chi connectivity index (χ2v) is 8.01. The average Bonchev–Trinajstić information content (AvgIpc) is 2.89. The van der Waals surface area contributed by atoms with E-state index >= 15 is 0 Å². The first-order valence-corrected chi connectivity index (χ1v) is 11.5. The van der Waals surface area contributed by atoms with E-state index in [1.54, 1.807) is 19.1 Å². The second-order valence-electron chi connectivity index (χ2n) is 7.60. The van der Waals surface area contributed by atoms with E-state index in [0.717, 1.165) is 12.1 Å². The third kappa shape index (κ3) is 8.90. The van der Waals surface area contributed by atoms with Crippen LogP contribution in [0, 0.1) is 0 Å². The quantitative estimate of drug-likeness (QED) is 0.159. The first-order valence-electron chi connectivity index (χ1n) is 11.1. The van der Waals surface area contributed by atoms with Crippen LogP contribution in [0.15, 0.2) is 85.1 Å². The molecule has 0 aliphatic rings. The number of pyridine rings is 1. The summed E-state index contributed by atoms with van der Waals surface area (Å²) in [6.07, 6.45) is 2.81. The zero-order valence-corrected chi connectivity index (χ0v) is 20.9. The van der Waals surface area contributed by atoms with Crippen molar-refractivity contribution in [1.29, 1.82) is 0 Å². The van der Waals surface area contributed by atoms with Gasteiger partial charge in [-0.3, -0.25) is 25.4 Å². The first kappa shape index (κ1) is 28.7. The molecule has 9 nitrogen and oxygen atoms in total. The van der Waals surface area contributed by atoms with Gasteiger partial charge in [0.05, 0.1) is 10.6 Å². The molecule has 0 unspecified atom stereocenters. The molecule has 202 valence electrons. The van der Waals surface area contributed by atoms with Gasteiger partial charge in [0.1, 0.15) is 17.2 Å². The molecule has 4 amide bonds. The van der Waals surface area contributed by atoms with Crippen LogP contribution in [0.5, 0.6) is 11.5 Å². The molecule has 4 N–H and O–H groups in total. The monoisotopic (exact) mass is 559 g/mol. The number of rotatable bonds is 7. The number of urea groups is 1. The Kier molecular flexibility index (Phi) is 9.65. The molecule has 0 aliphatic heterocycles. The smallest absolute Gasteiger partial charge is 0.417 e. The normalized spacial score (nSPS) is 11.3. The second kappa shape index (κ2) is 13.1. The summed E-state index contributed by atoms with van der Waals surface area (Å²) in [4.78, 5) is 40.1. The van der Waals surface area contributed by atoms with E-state index in [1.807, 2.05) is 0 Å². The number of allylic oxidation sites excluding steroid dienone is 3. The largest absolute Gasteiger partial charge is 0.457 e. The molecule has 0 saturated carbocycles. The zero-order valence-electron chi connectivity index (χ0n) is 20.2. The molecule has 0 saturated heterocycles. The summed E-state index contributed by atoms with van der Waals surface area (Å²) < 4.78 is 44.7. The SMILES string of the molecule is C/C=C/C=C/C(=O)NNC(=O)c1cc(Oc2ccc(NC(=O)Nc3ccc(Cl)c(C(F)(F)F)c3)cc2)ccn1. The predicted octanol–water partition coefficient (Wildman–Crippen LogP) is 6.08. The molecule has 0 radical (unpaired) electrons. The number of anilines is 2. The number of hydrazine groups is 1. The Balaban J connectivity index is 1.56. The Morgan fingerprint density at radius 3 is 2.28 bits per heavy atom. The number of carbonyl (C=O) groups excluding carboxylic acids is 3. The van der Waals surface area contributed by atoms with Crippen molar-refractivity contribution in [2.24, 2.45) is 0 Å². The van der Waals surface area contributed by atoms with Gasteiger partial charge in [0.2, 0.25) is 0 Å². The van der Waals surface area contributed by atoms with Crippen LogP contribution in [0.1, 0.15) is 23.0 Å². The van der Waals surface area contributed by atoms with E-state index in [4.69, 9.17) is 16.3 Å². The molecule has 1 aromatic heterocycles. The van der Waals surface area contributed by atoms with Gasteiger partial charge in [-0.1, -0.05) is 29.8 Å². The van der Waals surface area contributed by atoms with Crippen molar-refractivity contribution in [2.45, 2.75) is 13.1 Å². The topological polar surface area (TPSA) is 121 Å². The summed E-state index contributed by atoms with van der Waals surface area (Å²) in [5, 5.41) is 4.32. The molecular weight excluding hydrogens is 539 g/mol. The van der Waals surface area contributed by atoms with Gasteiger partial charge in [-0.2, -0.15) is 13.2 Å². The van der Waals surface area contributed by atoms with Gasteiger partial charge in [-0.05, 0) is 55.5 Å². The third-order valence-electron chi connectivity index (χ3n) is 4.69. The van der Waals surface area contributed by atoms with E-state index in [-0.39, 0.29) is 17.1 Å². The minimum atomic E-state index is -4.67. The molecule has 3 aromatic rings. The van der Waals surface area contributed by atoms with Crippen LogP contribution in [0.25, 0.3) is 0 Å². The Labute approximate surface area is 225 Å². The number of carbonyl (C=O) groups is 3. The number of aromatic nitrogens is 1. The fourth-order valence-electron chi connectivity index (χ4n) is 2.93. The molecule has 0 fully saturated rings. The Bertz CT molecular complexity index is 1410. The van der Waals surface area contributed by atoms with Gasteiger partial charge in [-0.15, -0.1) is 0 Å². The zero-order chi connectivity index (χ0) is 28.4. The van der Waals surface area contributed by atoms with Crippen molar-refractivity contribution >= 4 is 40.8 Å². The maximum atomic E-state index is 13.0. The van der Waals surface area contributed by atoms with Crippen LogP contribution < -0.4 is 26.2 Å². The van der Waals surface area contributed by atoms with Gasteiger partial charge in [-0.25, -0.2) is 4.79 Å². The number of hydrogen-bond donors (Lipinski definition) is 4. The Morgan fingerprint density at radius 2 is 1.59 bits per heavy atom. The average molecular weight is 560 g/mol. The standard InChI is InChI=1S/C26H21ClF3N5O4/c1-2-3-4-5-23(36)34-35-24(37)22-15-19(12-13-31-22)39-18-9-6-16(7-10-18)32-25(38)33-17-8-11-21(27)20(14-17)26(28,29)30/h2-15H,1H3,(H,34,36)(H,35,37)(H2,32,33,38)/b3-2+,5-4+. The van der Waals surface area contributed by atoms with Crippen LogP contribution in [0.4, 0.5) is 29.3 Å². The van der Waals surface area contributed by atoms with Crippen molar-refractivity contribution in [2.75, 3.05) is 10.6 Å². The maximum absolute atomic E-state index is 13.0. The Morgan fingerprint density at radius 1 is 0.897 bits per heavy atom. The fraction of sp³-hybridized carbons (Fsp3) is 0.0769. The molecule has 0 bridgehead atoms. The number of halogens is 4. The van der Waals surface area contributed by atoms with Gasteiger partial charge in [0.15, 0.2) is 0 Å². The molecule has 1 heterocycles. The van der Waals surface area contributed by atoms with E-state index in [0.29, 0.717) is 11.4 Å². The first-order chi connectivity index (χ1) is 18.5. The van der Waals surface area contributed by atoms with Gasteiger partial charge >= 0.3 is 12.2 Å². The van der Waals surface area contributed by atoms with E-state index < -0.39 is 34.6 Å². The lowest BCUT2D eigenvalue weighted by molar-refractivity contribution is -0.137. The summed E-state index contributed by atoms with van der Waals surface area (Å²) in [7, 11) is 0. The molecule has 0 spiro atoms. The highest BCUT2D eigenvalue weighted by atomic mass is 35.5. The highest BCUT2D eigenvalue weighted by Gasteiger charge is 2.33. The fourth-order valence-corrected chi connectivity index (χ4v) is 3.16. The van der Waals surface area contributed by atoms with Crippen LogP contribution in [-0.4, -0.2) is 22.8 Å². The van der Waals surface area contributed by atoms with Crippen LogP contribution in [-0.2, 0) is 11.0 Å². The molecule has 3 rings (SSSR count). The number of nitrogens with zero attached hydrogens (tertiary/aromatic N) is 1. The summed E-state index contributed by atoms with van der Waals surface area (Å²) in [5.74, 6) is -0.568. The molecule has 2 aromatic carbocycles. The maximum Gasteiger partial charge on any atom is 0.417 e. The van der Waals surface area contributed by atoms with E-state index in [1.165, 1.54) is 60.8 Å². The summed E-state index contributed by atoms with van der Waals surface area (Å²) in [6.45, 7) is 1.79. The molecule has 0 aliphatic carbocycles. The number of benzene rings is 2. The highest BCUT2D eigenvalue weighted by Crippen LogP contribution is 2.36. The summed E-state index contributed by atoms with van der Waals surface area (Å²) in [6, 6.07) is 11.2. The Hall–Kier alpha value is -4.84. The van der Waals surface area contributed by atoms with Crippen molar-refractivity contribution in [1.82, 2.24) is 15.8 Å². The van der Waals surface area contributed by atoms with Crippen molar-refractivity contribution in [3.8, 4) is 11.5 Å². The van der Waals surface area contributed by atoms with Crippen LogP contribution in [0.3, 0.4) is 0 Å². The van der Waals surface area contributed by atoms with Crippen molar-refractivity contribution < 1.29 is 32.3 Å². The minimum absolute atomic E-state index is 0.0175. The summed E-state index contributed by atoms with van der Waals surface area (Å²) >= 11 is 5.59. The predicted molar refractivity (Wildman–Crippen MR) is 139 cm³/mol. The lowest BCUT2D eigenvalue weighted by Crippen LogP contribution is -2.41. The number of nitrogens with one attached hydrogen (secondary N) is 4. The number of alkyl halides is 3. The van der Waals surface area contributed by atoms with Gasteiger partial charge in [0.25, 0.3) is 11.8 Å². The summed E-state index contributed by atoms with van der Waals surface area (Å²) in [5.41, 5.74) is 3.61. The van der Waals surface area contributed by atoms with Crippen LogP contribution >= 0.6 is 11.6 Å². The minimum Gasteiger partial charge on any atom is -0.457 e. The number of hydrogen-bond acceptors (Lipinski definition) is 5. The van der Waals surface area contributed by atoms with Crippen molar-refractivity contribution in [3.63, 3.8) is 0 Å². The van der Waals surface area contributed by atoms with E-state index in [2.05, 4.69) is 26.5 Å². The third-order valence-corrected chi connectivity index (χ3v) is 5.02.